The van der Waals surface area contributed by atoms with Gasteiger partial charge in [0.05, 0.1) is 10.4 Å². The molecule has 4 rings (SSSR count). The number of nitrogens with one attached hydrogen (secondary N) is 3. The van der Waals surface area contributed by atoms with Crippen LogP contribution in [0.2, 0.25) is 0 Å². The number of hydrogen-bond acceptors (Lipinski definition) is 7. The van der Waals surface area contributed by atoms with Gasteiger partial charge >= 0.3 is 0 Å². The lowest BCUT2D eigenvalue weighted by Gasteiger charge is -2.30. The molecular weight excluding hydrogens is 438 g/mol. The summed E-state index contributed by atoms with van der Waals surface area (Å²) in [6.45, 7) is 0. The van der Waals surface area contributed by atoms with E-state index in [0.29, 0.717) is 17.1 Å². The summed E-state index contributed by atoms with van der Waals surface area (Å²) < 4.78 is 0. The first kappa shape index (κ1) is 22.7. The van der Waals surface area contributed by atoms with Gasteiger partial charge in [0.1, 0.15) is 5.82 Å². The van der Waals surface area contributed by atoms with Crippen LogP contribution in [0.5, 0.6) is 0 Å². The summed E-state index contributed by atoms with van der Waals surface area (Å²) in [5, 5.41) is 22.3. The summed E-state index contributed by atoms with van der Waals surface area (Å²) in [5.74, 6) is 1.56. The van der Waals surface area contributed by atoms with Crippen LogP contribution >= 0.6 is 12.2 Å². The molecule has 9 nitrogen and oxygen atoms in total. The Hall–Kier alpha value is -3.53. The molecule has 3 aromatic rings. The number of hydrogen-bond donors (Lipinski definition) is 3. The van der Waals surface area contributed by atoms with Crippen molar-refractivity contribution in [2.75, 3.05) is 29.6 Å². The Kier molecular flexibility index (Phi) is 6.83. The Morgan fingerprint density at radius 3 is 2.36 bits per heavy atom. The van der Waals surface area contributed by atoms with Crippen molar-refractivity contribution in [3.05, 3.63) is 58.6 Å². The molecule has 1 aliphatic rings. The molecular formula is C23H27N7O2S. The largest absolute Gasteiger partial charge is 0.362 e. The van der Waals surface area contributed by atoms with Crippen molar-refractivity contribution in [2.45, 2.75) is 37.8 Å². The topological polar surface area (TPSA) is 108 Å². The zero-order chi connectivity index (χ0) is 23.4. The van der Waals surface area contributed by atoms with Crippen LogP contribution in [0, 0.1) is 10.1 Å². The van der Waals surface area contributed by atoms with Crippen LogP contribution in [0.15, 0.2) is 48.5 Å². The van der Waals surface area contributed by atoms with Crippen molar-refractivity contribution in [2.24, 2.45) is 0 Å². The first-order chi connectivity index (χ1) is 15.9. The molecule has 1 saturated carbocycles. The fraction of sp³-hybridized carbons (Fsp3) is 0.348. The van der Waals surface area contributed by atoms with Crippen molar-refractivity contribution in [3.8, 4) is 0 Å². The second kappa shape index (κ2) is 9.95. The van der Waals surface area contributed by atoms with Gasteiger partial charge in [-0.05, 0) is 62.2 Å². The third-order valence-corrected chi connectivity index (χ3v) is 5.96. The van der Waals surface area contributed by atoms with Crippen LogP contribution in [-0.2, 0) is 0 Å². The number of nitro groups is 1. The summed E-state index contributed by atoms with van der Waals surface area (Å²) >= 11 is 5.42. The molecule has 1 aromatic heterocycles. The van der Waals surface area contributed by atoms with Crippen molar-refractivity contribution < 1.29 is 4.92 Å². The van der Waals surface area contributed by atoms with E-state index in [-0.39, 0.29) is 11.7 Å². The molecule has 0 saturated heterocycles. The van der Waals surface area contributed by atoms with E-state index in [1.807, 2.05) is 43.3 Å². The predicted molar refractivity (Wildman–Crippen MR) is 136 cm³/mol. The Balaban J connectivity index is 1.30. The molecule has 0 amide bonds. The van der Waals surface area contributed by atoms with Crippen molar-refractivity contribution >= 4 is 51.4 Å². The molecule has 2 aromatic carbocycles. The van der Waals surface area contributed by atoms with Gasteiger partial charge in [0.15, 0.2) is 5.11 Å². The van der Waals surface area contributed by atoms with Crippen molar-refractivity contribution in [1.29, 1.82) is 0 Å². The fourth-order valence-electron chi connectivity index (χ4n) is 4.05. The highest BCUT2D eigenvalue weighted by atomic mass is 32.1. The van der Waals surface area contributed by atoms with E-state index in [2.05, 4.69) is 16.0 Å². The fourth-order valence-corrected chi connectivity index (χ4v) is 4.33. The zero-order valence-corrected chi connectivity index (χ0v) is 19.4. The van der Waals surface area contributed by atoms with Crippen LogP contribution in [0.3, 0.4) is 0 Å². The van der Waals surface area contributed by atoms with Gasteiger partial charge in [0.25, 0.3) is 5.69 Å². The molecule has 1 fully saturated rings. The van der Waals surface area contributed by atoms with Crippen LogP contribution in [-0.4, -0.2) is 46.2 Å². The Morgan fingerprint density at radius 1 is 1.03 bits per heavy atom. The number of para-hydroxylation sites is 1. The van der Waals surface area contributed by atoms with Gasteiger partial charge in [-0.2, -0.15) is 4.98 Å². The molecule has 0 aliphatic heterocycles. The zero-order valence-electron chi connectivity index (χ0n) is 18.6. The highest BCUT2D eigenvalue weighted by molar-refractivity contribution is 7.80. The SMILES string of the molecule is CN(C)c1nc(NC2CCC(NC(=S)Nc3ccc([N+](=O)[O-])cc3)CC2)nc2ccccc12. The second-order valence-electron chi connectivity index (χ2n) is 8.38. The van der Waals surface area contributed by atoms with Gasteiger partial charge in [0, 0.05) is 49.4 Å². The van der Waals surface area contributed by atoms with Crippen LogP contribution < -0.4 is 20.9 Å². The van der Waals surface area contributed by atoms with Gasteiger partial charge in [-0.15, -0.1) is 0 Å². The van der Waals surface area contributed by atoms with Gasteiger partial charge in [0.2, 0.25) is 5.95 Å². The van der Waals surface area contributed by atoms with E-state index in [0.717, 1.165) is 48.1 Å². The van der Waals surface area contributed by atoms with Gasteiger partial charge in [-0.25, -0.2) is 4.98 Å². The molecule has 1 heterocycles. The minimum Gasteiger partial charge on any atom is -0.362 e. The molecule has 1 aliphatic carbocycles. The predicted octanol–water partition coefficient (Wildman–Crippen LogP) is 4.31. The number of fused-ring (bicyclic) bond motifs is 1. The summed E-state index contributed by atoms with van der Waals surface area (Å²) in [6.07, 6.45) is 3.89. The molecule has 3 N–H and O–H groups in total. The molecule has 0 spiro atoms. The summed E-state index contributed by atoms with van der Waals surface area (Å²) in [7, 11) is 3.98. The van der Waals surface area contributed by atoms with Gasteiger partial charge in [-0.1, -0.05) is 12.1 Å². The number of rotatable bonds is 6. The third kappa shape index (κ3) is 5.64. The average molecular weight is 466 g/mol. The first-order valence-corrected chi connectivity index (χ1v) is 11.3. The molecule has 10 heteroatoms. The number of nitrogens with zero attached hydrogens (tertiary/aromatic N) is 4. The maximum Gasteiger partial charge on any atom is 0.269 e. The van der Waals surface area contributed by atoms with E-state index in [4.69, 9.17) is 22.2 Å². The van der Waals surface area contributed by atoms with Crippen LogP contribution in [0.25, 0.3) is 10.9 Å². The number of non-ortho nitro benzene ring substituents is 1. The Bertz CT molecular complexity index is 1150. The first-order valence-electron chi connectivity index (χ1n) is 10.9. The highest BCUT2D eigenvalue weighted by Gasteiger charge is 2.23. The molecule has 0 atom stereocenters. The van der Waals surface area contributed by atoms with E-state index in [1.165, 1.54) is 12.1 Å². The number of benzene rings is 2. The normalized spacial score (nSPS) is 17.9. The molecule has 0 unspecified atom stereocenters. The quantitative estimate of drug-likeness (QED) is 0.279. The summed E-state index contributed by atoms with van der Waals surface area (Å²) in [5.41, 5.74) is 1.70. The monoisotopic (exact) mass is 465 g/mol. The average Bonchev–Trinajstić information content (AvgIpc) is 2.80. The van der Waals surface area contributed by atoms with E-state index < -0.39 is 4.92 Å². The standard InChI is InChI=1S/C23H27N7O2S/c1-29(2)21-19-5-3-4-6-20(19)27-22(28-21)24-15-7-9-16(10-8-15)25-23(33)26-17-11-13-18(14-12-17)30(31)32/h3-6,11-16H,7-10H2,1-2H3,(H,24,27,28)(H2,25,26,33). The van der Waals surface area contributed by atoms with Crippen LogP contribution in [0.1, 0.15) is 25.7 Å². The molecule has 33 heavy (non-hydrogen) atoms. The van der Waals surface area contributed by atoms with Crippen molar-refractivity contribution in [3.63, 3.8) is 0 Å². The molecule has 0 radical (unpaired) electrons. The summed E-state index contributed by atoms with van der Waals surface area (Å²) in [6, 6.07) is 14.8. The minimum atomic E-state index is -0.420. The van der Waals surface area contributed by atoms with E-state index in [9.17, 15) is 10.1 Å². The van der Waals surface area contributed by atoms with E-state index in [1.54, 1.807) is 12.1 Å². The number of thiocarbonyl (C=S) groups is 1. The highest BCUT2D eigenvalue weighted by Crippen LogP contribution is 2.26. The lowest BCUT2D eigenvalue weighted by molar-refractivity contribution is -0.384. The summed E-state index contributed by atoms with van der Waals surface area (Å²) in [4.78, 5) is 21.8. The maximum absolute atomic E-state index is 10.8. The smallest absolute Gasteiger partial charge is 0.269 e. The lowest BCUT2D eigenvalue weighted by Crippen LogP contribution is -2.42. The second-order valence-corrected chi connectivity index (χ2v) is 8.79. The Morgan fingerprint density at radius 2 is 1.70 bits per heavy atom. The number of aromatic nitrogens is 2. The molecule has 0 bridgehead atoms. The lowest BCUT2D eigenvalue weighted by atomic mass is 9.91. The Labute approximate surface area is 197 Å². The van der Waals surface area contributed by atoms with Gasteiger partial charge in [-0.3, -0.25) is 10.1 Å². The van der Waals surface area contributed by atoms with Crippen molar-refractivity contribution in [1.82, 2.24) is 15.3 Å². The number of nitro benzene ring substituents is 1. The maximum atomic E-state index is 10.8. The van der Waals surface area contributed by atoms with Gasteiger partial charge < -0.3 is 20.9 Å². The molecule has 172 valence electrons. The number of anilines is 3. The van der Waals surface area contributed by atoms with E-state index >= 15 is 0 Å². The van der Waals surface area contributed by atoms with Crippen LogP contribution in [0.4, 0.5) is 23.1 Å². The third-order valence-electron chi connectivity index (χ3n) is 5.74. The minimum absolute atomic E-state index is 0.0540.